The van der Waals surface area contributed by atoms with Gasteiger partial charge in [0.2, 0.25) is 5.91 Å². The minimum atomic E-state index is -0.0294. The van der Waals surface area contributed by atoms with Gasteiger partial charge in [0.05, 0.1) is 6.04 Å². The van der Waals surface area contributed by atoms with Crippen molar-refractivity contribution in [2.45, 2.75) is 56.5 Å². The molecule has 0 radical (unpaired) electrons. The lowest BCUT2D eigenvalue weighted by Crippen LogP contribution is -2.49. The van der Waals surface area contributed by atoms with E-state index in [-0.39, 0.29) is 11.5 Å². The summed E-state index contributed by atoms with van der Waals surface area (Å²) in [4.78, 5) is 18.9. The first-order chi connectivity index (χ1) is 17.6. The van der Waals surface area contributed by atoms with Crippen molar-refractivity contribution < 1.29 is 4.79 Å². The predicted molar refractivity (Wildman–Crippen MR) is 145 cm³/mol. The highest BCUT2D eigenvalue weighted by atomic mass is 16.2. The molecule has 6 atom stereocenters. The maximum Gasteiger partial charge on any atom is 0.240 e. The molecule has 4 saturated heterocycles. The highest BCUT2D eigenvalue weighted by molar-refractivity contribution is 5.83. The molecule has 0 aromatic heterocycles. The number of hydrogen-bond acceptors (Lipinski definition) is 4. The molecule has 5 nitrogen and oxygen atoms in total. The number of piperidine rings is 1. The van der Waals surface area contributed by atoms with Crippen LogP contribution in [0.4, 0.5) is 0 Å². The van der Waals surface area contributed by atoms with Gasteiger partial charge in [0.15, 0.2) is 0 Å². The molecule has 6 unspecified atom stereocenters. The van der Waals surface area contributed by atoms with Crippen LogP contribution in [0.2, 0.25) is 0 Å². The van der Waals surface area contributed by atoms with E-state index in [1.54, 1.807) is 0 Å². The fourth-order valence-electron chi connectivity index (χ4n) is 7.56. The molecule has 4 aliphatic rings. The first-order valence-electron chi connectivity index (χ1n) is 14.2. The molecule has 36 heavy (non-hydrogen) atoms. The summed E-state index contributed by atoms with van der Waals surface area (Å²) in [5, 5.41) is 7.23. The van der Waals surface area contributed by atoms with Crippen LogP contribution < -0.4 is 10.6 Å². The molecule has 1 amide bonds. The molecule has 2 aromatic rings. The Kier molecular flexibility index (Phi) is 6.89. The number of nitrogens with zero attached hydrogens (tertiary/aromatic N) is 2. The van der Waals surface area contributed by atoms with Crippen LogP contribution in [0.1, 0.15) is 55.6 Å². The number of rotatable bonds is 5. The minimum Gasteiger partial charge on any atom is -0.336 e. The van der Waals surface area contributed by atoms with Crippen molar-refractivity contribution in [2.75, 3.05) is 45.8 Å². The molecular weight excluding hydrogens is 444 g/mol. The Hall–Kier alpha value is -2.21. The molecule has 6 rings (SSSR count). The lowest BCUT2D eigenvalue weighted by molar-refractivity contribution is -0.134. The highest BCUT2D eigenvalue weighted by Crippen LogP contribution is 2.43. The number of benzene rings is 2. The van der Waals surface area contributed by atoms with E-state index in [1.807, 2.05) is 0 Å². The topological polar surface area (TPSA) is 47.6 Å². The third-order valence-electron chi connectivity index (χ3n) is 9.89. The Balaban J connectivity index is 1.17. The average Bonchev–Trinajstić information content (AvgIpc) is 3.67. The monoisotopic (exact) mass is 486 g/mol. The van der Waals surface area contributed by atoms with Gasteiger partial charge in [-0.25, -0.2) is 0 Å². The zero-order chi connectivity index (χ0) is 24.5. The molecular formula is C31H42N4O. The Morgan fingerprint density at radius 2 is 1.72 bits per heavy atom. The molecule has 2 aromatic carbocycles. The van der Waals surface area contributed by atoms with Gasteiger partial charge in [-0.15, -0.1) is 0 Å². The van der Waals surface area contributed by atoms with Gasteiger partial charge < -0.3 is 20.4 Å². The van der Waals surface area contributed by atoms with Crippen LogP contribution in [0.5, 0.6) is 0 Å². The maximum absolute atomic E-state index is 14.1. The summed E-state index contributed by atoms with van der Waals surface area (Å²) in [6.07, 6.45) is 4.45. The Morgan fingerprint density at radius 1 is 1.00 bits per heavy atom. The Morgan fingerprint density at radius 3 is 2.44 bits per heavy atom. The minimum absolute atomic E-state index is 0.0294. The van der Waals surface area contributed by atoms with Crippen molar-refractivity contribution in [3.63, 3.8) is 0 Å². The molecule has 5 heteroatoms. The summed E-state index contributed by atoms with van der Waals surface area (Å²) in [5.74, 6) is 2.00. The summed E-state index contributed by atoms with van der Waals surface area (Å²) in [7, 11) is 0. The maximum atomic E-state index is 14.1. The summed E-state index contributed by atoms with van der Waals surface area (Å²) in [6, 6.07) is 22.1. The van der Waals surface area contributed by atoms with Gasteiger partial charge in [-0.2, -0.15) is 0 Å². The smallest absolute Gasteiger partial charge is 0.240 e. The fourth-order valence-corrected chi connectivity index (χ4v) is 7.56. The quantitative estimate of drug-likeness (QED) is 0.674. The summed E-state index contributed by atoms with van der Waals surface area (Å²) in [5.41, 5.74) is 3.11. The van der Waals surface area contributed by atoms with E-state index in [4.69, 9.17) is 0 Å². The molecule has 1 spiro atoms. The first-order valence-corrected chi connectivity index (χ1v) is 14.2. The van der Waals surface area contributed by atoms with Crippen LogP contribution in [0, 0.1) is 11.3 Å². The molecule has 0 bridgehead atoms. The van der Waals surface area contributed by atoms with E-state index >= 15 is 0 Å². The number of hydrogen-bond donors (Lipinski definition) is 2. The average molecular weight is 487 g/mol. The van der Waals surface area contributed by atoms with Crippen molar-refractivity contribution in [1.82, 2.24) is 20.4 Å². The molecule has 0 saturated carbocycles. The molecule has 4 heterocycles. The Bertz CT molecular complexity index is 1030. The van der Waals surface area contributed by atoms with Gasteiger partial charge in [-0.1, -0.05) is 67.6 Å². The third-order valence-corrected chi connectivity index (χ3v) is 9.89. The largest absolute Gasteiger partial charge is 0.336 e. The van der Waals surface area contributed by atoms with Gasteiger partial charge >= 0.3 is 0 Å². The molecule has 2 N–H and O–H groups in total. The lowest BCUT2D eigenvalue weighted by Gasteiger charge is -2.39. The van der Waals surface area contributed by atoms with Crippen molar-refractivity contribution in [1.29, 1.82) is 0 Å². The van der Waals surface area contributed by atoms with Gasteiger partial charge in [0.1, 0.15) is 0 Å². The first kappa shape index (κ1) is 24.1. The molecule has 192 valence electrons. The van der Waals surface area contributed by atoms with Gasteiger partial charge in [-0.05, 0) is 73.7 Å². The Labute approximate surface area is 216 Å². The van der Waals surface area contributed by atoms with Crippen LogP contribution in [0.3, 0.4) is 0 Å². The van der Waals surface area contributed by atoms with E-state index in [2.05, 4.69) is 88.0 Å². The van der Waals surface area contributed by atoms with E-state index in [0.29, 0.717) is 29.7 Å². The van der Waals surface area contributed by atoms with Gasteiger partial charge in [0.25, 0.3) is 0 Å². The molecule has 0 aliphatic carbocycles. The summed E-state index contributed by atoms with van der Waals surface area (Å²) < 4.78 is 0. The normalized spacial score (nSPS) is 35.0. The summed E-state index contributed by atoms with van der Waals surface area (Å²) >= 11 is 0. The third kappa shape index (κ3) is 4.73. The second-order valence-corrected chi connectivity index (χ2v) is 12.0. The zero-order valence-corrected chi connectivity index (χ0v) is 21.7. The van der Waals surface area contributed by atoms with Crippen LogP contribution in [-0.4, -0.2) is 73.6 Å². The van der Waals surface area contributed by atoms with E-state index < -0.39 is 0 Å². The van der Waals surface area contributed by atoms with E-state index in [0.717, 1.165) is 58.7 Å². The fraction of sp³-hybridized carbons (Fsp3) is 0.581. The summed E-state index contributed by atoms with van der Waals surface area (Å²) in [6.45, 7) is 9.58. The number of carbonyl (C=O) groups is 1. The van der Waals surface area contributed by atoms with E-state index in [1.165, 1.54) is 24.0 Å². The van der Waals surface area contributed by atoms with Crippen LogP contribution in [0.25, 0.3) is 0 Å². The van der Waals surface area contributed by atoms with Crippen molar-refractivity contribution in [3.8, 4) is 0 Å². The number of amides is 1. The molecule has 4 aliphatic heterocycles. The van der Waals surface area contributed by atoms with Crippen LogP contribution >= 0.6 is 0 Å². The molecule has 4 fully saturated rings. The second-order valence-electron chi connectivity index (χ2n) is 12.0. The van der Waals surface area contributed by atoms with Crippen molar-refractivity contribution >= 4 is 5.91 Å². The van der Waals surface area contributed by atoms with E-state index in [9.17, 15) is 4.79 Å². The standard InChI is InChI=1S/C31H42N4O/c1-23-18-32-14-13-31(23)17-29(33-22-31)30(36)35-20-27(25-10-6-3-7-11-25)16-28(35)21-34-15-12-26(19-34)24-8-4-2-5-9-24/h2-11,23,26-29,32-33H,12-22H2,1H3. The number of likely N-dealkylation sites (tertiary alicyclic amines) is 2. The van der Waals surface area contributed by atoms with Crippen LogP contribution in [-0.2, 0) is 4.79 Å². The SMILES string of the molecule is CC1CNCCC12CNC(C(=O)N1CC(c3ccccc3)CC1CN1CCC(c3ccccc3)C1)C2. The lowest BCUT2D eigenvalue weighted by atomic mass is 9.70. The number of carbonyl (C=O) groups excluding carboxylic acids is 1. The van der Waals surface area contributed by atoms with Gasteiger partial charge in [0, 0.05) is 38.1 Å². The van der Waals surface area contributed by atoms with Crippen molar-refractivity contribution in [3.05, 3.63) is 71.8 Å². The zero-order valence-electron chi connectivity index (χ0n) is 21.7. The highest BCUT2D eigenvalue weighted by Gasteiger charge is 2.49. The van der Waals surface area contributed by atoms with Crippen molar-refractivity contribution in [2.24, 2.45) is 11.3 Å². The van der Waals surface area contributed by atoms with Gasteiger partial charge in [-0.3, -0.25) is 4.79 Å². The number of nitrogens with one attached hydrogen (secondary N) is 2. The van der Waals surface area contributed by atoms with Crippen LogP contribution in [0.15, 0.2) is 60.7 Å². The second kappa shape index (κ2) is 10.3. The predicted octanol–water partition coefficient (Wildman–Crippen LogP) is 3.84.